The van der Waals surface area contributed by atoms with Crippen molar-refractivity contribution in [2.75, 3.05) is 13.7 Å². The van der Waals surface area contributed by atoms with Gasteiger partial charge in [-0.1, -0.05) is 6.92 Å². The molecule has 1 aromatic rings. The van der Waals surface area contributed by atoms with Crippen molar-refractivity contribution in [3.8, 4) is 11.5 Å². The van der Waals surface area contributed by atoms with Crippen LogP contribution in [-0.2, 0) is 19.1 Å². The Morgan fingerprint density at radius 2 is 1.85 bits per heavy atom. The fourth-order valence-electron chi connectivity index (χ4n) is 5.62. The smallest absolute Gasteiger partial charge is 0.487 e. The predicted octanol–water partition coefficient (Wildman–Crippen LogP) is 4.69. The zero-order chi connectivity index (χ0) is 34.8. The molecular formula is C29H38F6N4O7. The molecule has 3 aliphatic rings. The average molecular weight is 669 g/mol. The summed E-state index contributed by atoms with van der Waals surface area (Å²) in [5.41, 5.74) is 5.49. The SMILES string of the molecule is CC[C@@]1(C)CC(=O)N([C@H](CCOC)[C@@H]2C[C@H]2C(=O)NC2CC(C)(C)Oc3ccc(OC(F)(F)F)cc32)C(N)=N1.O=C(O)C(F)(F)F. The van der Waals surface area contributed by atoms with E-state index in [9.17, 15) is 35.9 Å². The molecule has 258 valence electrons. The normalized spacial score (nSPS) is 26.0. The quantitative estimate of drug-likeness (QED) is 0.321. The third-order valence-corrected chi connectivity index (χ3v) is 8.05. The zero-order valence-corrected chi connectivity index (χ0v) is 25.9. The molecule has 2 heterocycles. The van der Waals surface area contributed by atoms with Crippen LogP contribution in [0.3, 0.4) is 0 Å². The molecule has 2 amide bonds. The first kappa shape index (κ1) is 36.7. The van der Waals surface area contributed by atoms with E-state index < -0.39 is 41.6 Å². The molecule has 17 heteroatoms. The number of hydrogen-bond acceptors (Lipinski definition) is 8. The molecule has 4 rings (SSSR count). The number of hydrogen-bond donors (Lipinski definition) is 3. The predicted molar refractivity (Wildman–Crippen MR) is 151 cm³/mol. The number of halogens is 6. The van der Waals surface area contributed by atoms with Crippen LogP contribution in [0.4, 0.5) is 26.3 Å². The van der Waals surface area contributed by atoms with Crippen molar-refractivity contribution in [3.63, 3.8) is 0 Å². The highest BCUT2D eigenvalue weighted by molar-refractivity contribution is 5.99. The van der Waals surface area contributed by atoms with Gasteiger partial charge in [0.1, 0.15) is 17.1 Å². The zero-order valence-electron chi connectivity index (χ0n) is 25.9. The van der Waals surface area contributed by atoms with Gasteiger partial charge in [-0.25, -0.2) is 9.79 Å². The Morgan fingerprint density at radius 1 is 1.22 bits per heavy atom. The minimum Gasteiger partial charge on any atom is -0.487 e. The van der Waals surface area contributed by atoms with Crippen molar-refractivity contribution in [1.82, 2.24) is 10.2 Å². The number of amides is 2. The van der Waals surface area contributed by atoms with Gasteiger partial charge in [0.05, 0.1) is 18.0 Å². The van der Waals surface area contributed by atoms with Crippen molar-refractivity contribution in [3.05, 3.63) is 23.8 Å². The van der Waals surface area contributed by atoms with E-state index in [0.717, 1.165) is 0 Å². The number of methoxy groups -OCH3 is 1. The lowest BCUT2D eigenvalue weighted by atomic mass is 9.89. The van der Waals surface area contributed by atoms with Gasteiger partial charge in [0.25, 0.3) is 0 Å². The van der Waals surface area contributed by atoms with E-state index in [1.807, 2.05) is 27.7 Å². The summed E-state index contributed by atoms with van der Waals surface area (Å²) >= 11 is 0. The number of carboxylic acids is 1. The number of carbonyl (C=O) groups is 3. The van der Waals surface area contributed by atoms with Crippen LogP contribution >= 0.6 is 0 Å². The Kier molecular flexibility index (Phi) is 10.8. The Morgan fingerprint density at radius 3 is 2.37 bits per heavy atom. The van der Waals surface area contributed by atoms with Crippen LogP contribution in [0.5, 0.6) is 11.5 Å². The van der Waals surface area contributed by atoms with Crippen molar-refractivity contribution >= 4 is 23.7 Å². The van der Waals surface area contributed by atoms with E-state index in [0.29, 0.717) is 43.6 Å². The van der Waals surface area contributed by atoms with Gasteiger partial charge in [-0.3, -0.25) is 14.5 Å². The molecule has 0 saturated heterocycles. The third-order valence-electron chi connectivity index (χ3n) is 8.05. The van der Waals surface area contributed by atoms with Crippen molar-refractivity contribution in [2.24, 2.45) is 22.6 Å². The fraction of sp³-hybridized carbons (Fsp3) is 0.655. The topological polar surface area (TPSA) is 153 Å². The number of rotatable bonds is 9. The molecule has 1 fully saturated rings. The first-order valence-corrected chi connectivity index (χ1v) is 14.4. The van der Waals surface area contributed by atoms with Gasteiger partial charge >= 0.3 is 18.5 Å². The molecular weight excluding hydrogens is 630 g/mol. The number of ether oxygens (including phenoxy) is 3. The molecule has 4 N–H and O–H groups in total. The Bertz CT molecular complexity index is 1340. The molecule has 0 radical (unpaired) electrons. The highest BCUT2D eigenvalue weighted by Gasteiger charge is 2.53. The highest BCUT2D eigenvalue weighted by Crippen LogP contribution is 2.47. The molecule has 5 atom stereocenters. The number of aliphatic carboxylic acids is 1. The van der Waals surface area contributed by atoms with Gasteiger partial charge in [0, 0.05) is 37.7 Å². The number of aliphatic imine (C=N–C) groups is 1. The molecule has 1 aliphatic carbocycles. The largest absolute Gasteiger partial charge is 0.573 e. The molecule has 11 nitrogen and oxygen atoms in total. The van der Waals surface area contributed by atoms with Crippen molar-refractivity contribution < 1.29 is 60.0 Å². The molecule has 0 bridgehead atoms. The molecule has 1 aromatic carbocycles. The molecule has 46 heavy (non-hydrogen) atoms. The number of carboxylic acid groups (broad SMARTS) is 1. The summed E-state index contributed by atoms with van der Waals surface area (Å²) in [4.78, 5) is 41.6. The second kappa shape index (κ2) is 13.5. The number of nitrogens with zero attached hydrogens (tertiary/aromatic N) is 2. The Labute approximate surface area is 261 Å². The maximum Gasteiger partial charge on any atom is 0.573 e. The van der Waals surface area contributed by atoms with E-state index >= 15 is 0 Å². The first-order valence-electron chi connectivity index (χ1n) is 14.4. The van der Waals surface area contributed by atoms with Crippen LogP contribution in [0.1, 0.15) is 71.4 Å². The van der Waals surface area contributed by atoms with Crippen LogP contribution < -0.4 is 20.5 Å². The minimum absolute atomic E-state index is 0.128. The van der Waals surface area contributed by atoms with Crippen molar-refractivity contribution in [1.29, 1.82) is 0 Å². The number of nitrogens with two attached hydrogens (primary N) is 1. The maximum atomic E-state index is 13.4. The summed E-state index contributed by atoms with van der Waals surface area (Å²) in [7, 11) is 1.57. The summed E-state index contributed by atoms with van der Waals surface area (Å²) < 4.78 is 85.5. The lowest BCUT2D eigenvalue weighted by Crippen LogP contribution is -2.56. The van der Waals surface area contributed by atoms with Gasteiger partial charge in [-0.2, -0.15) is 13.2 Å². The van der Waals surface area contributed by atoms with Crippen LogP contribution in [0.25, 0.3) is 0 Å². The van der Waals surface area contributed by atoms with E-state index in [1.165, 1.54) is 23.1 Å². The second-order valence-electron chi connectivity index (χ2n) is 12.3. The van der Waals surface area contributed by atoms with Crippen LogP contribution in [0.15, 0.2) is 23.2 Å². The van der Waals surface area contributed by atoms with Crippen molar-refractivity contribution in [2.45, 2.75) is 95.6 Å². The third kappa shape index (κ3) is 9.39. The second-order valence-corrected chi connectivity index (χ2v) is 12.3. The lowest BCUT2D eigenvalue weighted by molar-refractivity contribution is -0.274. The average Bonchev–Trinajstić information content (AvgIpc) is 3.70. The molecule has 0 spiro atoms. The van der Waals surface area contributed by atoms with E-state index in [1.54, 1.807) is 7.11 Å². The maximum absolute atomic E-state index is 13.4. The van der Waals surface area contributed by atoms with Crippen LogP contribution in [0.2, 0.25) is 0 Å². The summed E-state index contributed by atoms with van der Waals surface area (Å²) in [6.07, 6.45) is -7.64. The standard InChI is InChI=1S/C27H37F3N4O5.C2HF3O2/c1-6-26(4)14-22(35)34(24(31)33-26)20(9-10-37-5)16-12-17(16)23(36)32-19-13-25(2,3)39-21-8-7-15(11-18(19)21)38-27(28,29)30;3-2(4,5)1(6)7/h7-8,11,16-17,19-20H,6,9-10,12-14H2,1-5H3,(H2,31,33)(H,32,36);(H,6,7)/t16-,17-,19?,20-,26+;/m1./s1. The number of nitrogens with one attached hydrogen (secondary N) is 1. The van der Waals surface area contributed by atoms with Gasteiger partial charge in [0.2, 0.25) is 11.8 Å². The number of alkyl halides is 6. The number of guanidine groups is 1. The Balaban J connectivity index is 0.000000738. The van der Waals surface area contributed by atoms with Gasteiger partial charge in [0.15, 0.2) is 5.96 Å². The van der Waals surface area contributed by atoms with E-state index in [4.69, 9.17) is 25.1 Å². The van der Waals surface area contributed by atoms with E-state index in [-0.39, 0.29) is 41.9 Å². The van der Waals surface area contributed by atoms with E-state index in [2.05, 4.69) is 15.0 Å². The number of benzene rings is 1. The van der Waals surface area contributed by atoms with Gasteiger partial charge in [-0.15, -0.1) is 13.2 Å². The Hall–Kier alpha value is -3.76. The first-order chi connectivity index (χ1) is 21.1. The number of carbonyl (C=O) groups excluding carboxylic acids is 2. The molecule has 0 aromatic heterocycles. The molecule has 1 saturated carbocycles. The van der Waals surface area contributed by atoms with Crippen LogP contribution in [0, 0.1) is 11.8 Å². The molecule has 1 unspecified atom stereocenters. The van der Waals surface area contributed by atoms with Gasteiger partial charge < -0.3 is 30.4 Å². The minimum atomic E-state index is -5.08. The van der Waals surface area contributed by atoms with Gasteiger partial charge in [-0.05, 0) is 64.2 Å². The van der Waals surface area contributed by atoms with Crippen LogP contribution in [-0.4, -0.2) is 77.2 Å². The molecule has 2 aliphatic heterocycles. The summed E-state index contributed by atoms with van der Waals surface area (Å²) in [6, 6.07) is 2.92. The lowest BCUT2D eigenvalue weighted by Gasteiger charge is -2.39. The fourth-order valence-corrected chi connectivity index (χ4v) is 5.62. The summed E-state index contributed by atoms with van der Waals surface area (Å²) in [5, 5.41) is 10.1. The highest BCUT2D eigenvalue weighted by atomic mass is 19.4. The number of fused-ring (bicyclic) bond motifs is 1. The summed E-state index contributed by atoms with van der Waals surface area (Å²) in [5.74, 6) is -3.52. The monoisotopic (exact) mass is 668 g/mol. The summed E-state index contributed by atoms with van der Waals surface area (Å²) in [6.45, 7) is 7.93.